The Hall–Kier alpha value is -1.51. The van der Waals surface area contributed by atoms with Crippen molar-refractivity contribution in [3.63, 3.8) is 0 Å². The molecule has 3 rings (SSSR count). The highest BCUT2D eigenvalue weighted by Gasteiger charge is 2.38. The van der Waals surface area contributed by atoms with Gasteiger partial charge in [-0.2, -0.15) is 0 Å². The molecule has 2 aliphatic rings. The van der Waals surface area contributed by atoms with E-state index in [9.17, 15) is 0 Å². The monoisotopic (exact) mass is 256 g/mol. The van der Waals surface area contributed by atoms with Crippen molar-refractivity contribution in [3.05, 3.63) is 46.3 Å². The first kappa shape index (κ1) is 12.5. The lowest BCUT2D eigenvalue weighted by Gasteiger charge is -2.45. The molecule has 1 saturated heterocycles. The molecule has 0 spiro atoms. The van der Waals surface area contributed by atoms with E-state index in [4.69, 9.17) is 5.53 Å². The minimum absolute atomic E-state index is 0.241. The molecule has 0 aromatic heterocycles. The maximum Gasteiger partial charge on any atom is 0.0454 e. The topological polar surface area (TPSA) is 52.0 Å². The van der Waals surface area contributed by atoms with Crippen LogP contribution in [0.5, 0.6) is 0 Å². The molecule has 1 heterocycles. The predicted octanol–water partition coefficient (Wildman–Crippen LogP) is 3.60. The van der Waals surface area contributed by atoms with Crippen LogP contribution in [0, 0.1) is 11.8 Å². The van der Waals surface area contributed by atoms with E-state index in [1.54, 1.807) is 0 Å². The van der Waals surface area contributed by atoms with Crippen molar-refractivity contribution in [2.45, 2.75) is 31.8 Å². The summed E-state index contributed by atoms with van der Waals surface area (Å²) in [6, 6.07) is 10.9. The number of benzene rings is 1. The van der Waals surface area contributed by atoms with Crippen molar-refractivity contribution in [2.75, 3.05) is 13.1 Å². The van der Waals surface area contributed by atoms with Crippen molar-refractivity contribution in [3.8, 4) is 0 Å². The van der Waals surface area contributed by atoms with E-state index in [1.807, 2.05) is 0 Å². The van der Waals surface area contributed by atoms with E-state index >= 15 is 0 Å². The van der Waals surface area contributed by atoms with E-state index in [2.05, 4.69) is 45.3 Å². The third kappa shape index (κ3) is 2.75. The third-order valence-corrected chi connectivity index (χ3v) is 4.54. The number of azide groups is 1. The van der Waals surface area contributed by atoms with Gasteiger partial charge >= 0.3 is 0 Å². The molecule has 100 valence electrons. The summed E-state index contributed by atoms with van der Waals surface area (Å²) in [6.07, 6.45) is 3.73. The lowest BCUT2D eigenvalue weighted by atomic mass is 9.74. The summed E-state index contributed by atoms with van der Waals surface area (Å²) in [7, 11) is 0. The molecule has 1 aromatic rings. The second-order valence-electron chi connectivity index (χ2n) is 5.83. The molecule has 4 nitrogen and oxygen atoms in total. The van der Waals surface area contributed by atoms with Crippen LogP contribution in [0.4, 0.5) is 0 Å². The Kier molecular flexibility index (Phi) is 3.72. The summed E-state index contributed by atoms with van der Waals surface area (Å²) in [4.78, 5) is 5.59. The number of fused-ring (bicyclic) bond motifs is 2. The highest BCUT2D eigenvalue weighted by molar-refractivity contribution is 5.14. The van der Waals surface area contributed by atoms with Crippen molar-refractivity contribution in [1.29, 1.82) is 0 Å². The number of hydrogen-bond donors (Lipinski definition) is 0. The van der Waals surface area contributed by atoms with Gasteiger partial charge in [0.05, 0.1) is 0 Å². The first-order chi connectivity index (χ1) is 9.36. The smallest absolute Gasteiger partial charge is 0.0454 e. The Bertz CT molecular complexity index is 452. The van der Waals surface area contributed by atoms with Gasteiger partial charge in [0.15, 0.2) is 0 Å². The Balaban J connectivity index is 1.69. The Labute approximate surface area is 114 Å². The average Bonchev–Trinajstić information content (AvgIpc) is 2.41. The zero-order chi connectivity index (χ0) is 13.1. The molecule has 2 fully saturated rings. The van der Waals surface area contributed by atoms with Crippen LogP contribution in [-0.4, -0.2) is 24.0 Å². The van der Waals surface area contributed by atoms with Crippen LogP contribution in [0.25, 0.3) is 10.4 Å². The summed E-state index contributed by atoms with van der Waals surface area (Å²) >= 11 is 0. The van der Waals surface area contributed by atoms with E-state index in [0.717, 1.165) is 19.6 Å². The fraction of sp³-hybridized carbons (Fsp3) is 0.600. The van der Waals surface area contributed by atoms with Crippen molar-refractivity contribution in [1.82, 2.24) is 4.90 Å². The minimum atomic E-state index is 0.241. The Morgan fingerprint density at radius 2 is 1.84 bits per heavy atom. The molecule has 0 N–H and O–H groups in total. The molecule has 0 radical (unpaired) electrons. The lowest BCUT2D eigenvalue weighted by Crippen LogP contribution is -2.50. The van der Waals surface area contributed by atoms with Crippen LogP contribution in [-0.2, 0) is 6.54 Å². The number of likely N-dealkylation sites (tertiary alicyclic amines) is 1. The van der Waals surface area contributed by atoms with Gasteiger partial charge in [-0.15, -0.1) is 0 Å². The summed E-state index contributed by atoms with van der Waals surface area (Å²) in [5.74, 6) is 1.12. The van der Waals surface area contributed by atoms with Gasteiger partial charge in [0.2, 0.25) is 0 Å². The predicted molar refractivity (Wildman–Crippen MR) is 75.5 cm³/mol. The Morgan fingerprint density at radius 1 is 1.16 bits per heavy atom. The maximum atomic E-state index is 8.72. The Morgan fingerprint density at radius 3 is 2.47 bits per heavy atom. The minimum Gasteiger partial charge on any atom is -0.299 e. The van der Waals surface area contributed by atoms with Crippen molar-refractivity contribution >= 4 is 0 Å². The van der Waals surface area contributed by atoms with Crippen LogP contribution in [0.2, 0.25) is 0 Å². The second kappa shape index (κ2) is 5.64. The standard InChI is InChI=1S/C15H20N4/c16-18-17-15-13-7-4-8-14(15)11-19(10-13)9-12-5-2-1-3-6-12/h1-3,5-6,13-15H,4,7-11H2. The molecule has 0 amide bonds. The maximum absolute atomic E-state index is 8.72. The molecule has 2 atom stereocenters. The van der Waals surface area contributed by atoms with E-state index in [0.29, 0.717) is 11.8 Å². The zero-order valence-corrected chi connectivity index (χ0v) is 11.2. The van der Waals surface area contributed by atoms with Gasteiger partial charge in [-0.25, -0.2) is 0 Å². The molecular weight excluding hydrogens is 236 g/mol. The quantitative estimate of drug-likeness (QED) is 0.463. The molecule has 1 aromatic carbocycles. The van der Waals surface area contributed by atoms with Crippen LogP contribution in [0.1, 0.15) is 24.8 Å². The normalized spacial score (nSPS) is 30.6. The highest BCUT2D eigenvalue weighted by Crippen LogP contribution is 2.37. The molecule has 2 unspecified atom stereocenters. The number of nitrogens with zero attached hydrogens (tertiary/aromatic N) is 4. The summed E-state index contributed by atoms with van der Waals surface area (Å²) in [5, 5.41) is 4.06. The van der Waals surface area contributed by atoms with Gasteiger partial charge < -0.3 is 0 Å². The zero-order valence-electron chi connectivity index (χ0n) is 11.2. The largest absolute Gasteiger partial charge is 0.299 e. The van der Waals surface area contributed by atoms with Crippen LogP contribution in [0.15, 0.2) is 35.4 Å². The number of rotatable bonds is 3. The van der Waals surface area contributed by atoms with Gasteiger partial charge in [-0.1, -0.05) is 41.9 Å². The summed E-state index contributed by atoms with van der Waals surface area (Å²) < 4.78 is 0. The first-order valence-corrected chi connectivity index (χ1v) is 7.17. The lowest BCUT2D eigenvalue weighted by molar-refractivity contribution is 0.0591. The molecule has 1 aliphatic carbocycles. The molecule has 1 saturated carbocycles. The third-order valence-electron chi connectivity index (χ3n) is 4.54. The molecular formula is C15H20N4. The molecule has 19 heavy (non-hydrogen) atoms. The van der Waals surface area contributed by atoms with Gasteiger partial charge in [0, 0.05) is 30.6 Å². The second-order valence-corrected chi connectivity index (χ2v) is 5.83. The van der Waals surface area contributed by atoms with E-state index < -0.39 is 0 Å². The average molecular weight is 256 g/mol. The molecule has 1 aliphatic heterocycles. The van der Waals surface area contributed by atoms with Gasteiger partial charge in [-0.3, -0.25) is 4.90 Å². The van der Waals surface area contributed by atoms with Crippen LogP contribution in [0.3, 0.4) is 0 Å². The number of piperidine rings is 1. The number of hydrogen-bond acceptors (Lipinski definition) is 2. The fourth-order valence-electron chi connectivity index (χ4n) is 3.72. The van der Waals surface area contributed by atoms with E-state index in [1.165, 1.54) is 24.8 Å². The van der Waals surface area contributed by atoms with Crippen LogP contribution >= 0.6 is 0 Å². The SMILES string of the molecule is [N-]=[N+]=NC1C2CCCC1CN(Cc1ccccc1)C2. The van der Waals surface area contributed by atoms with Gasteiger partial charge in [0.1, 0.15) is 0 Å². The van der Waals surface area contributed by atoms with Crippen LogP contribution < -0.4 is 0 Å². The summed E-state index contributed by atoms with van der Waals surface area (Å²) in [5.41, 5.74) is 10.1. The fourth-order valence-corrected chi connectivity index (χ4v) is 3.72. The highest BCUT2D eigenvalue weighted by atomic mass is 15.2. The first-order valence-electron chi connectivity index (χ1n) is 7.17. The van der Waals surface area contributed by atoms with Gasteiger partial charge in [-0.05, 0) is 35.8 Å². The molecule has 2 bridgehead atoms. The van der Waals surface area contributed by atoms with E-state index in [-0.39, 0.29) is 6.04 Å². The molecule has 4 heteroatoms. The van der Waals surface area contributed by atoms with Crippen molar-refractivity contribution < 1.29 is 0 Å². The summed E-state index contributed by atoms with van der Waals surface area (Å²) in [6.45, 7) is 3.18. The van der Waals surface area contributed by atoms with Crippen molar-refractivity contribution in [2.24, 2.45) is 17.0 Å². The van der Waals surface area contributed by atoms with Gasteiger partial charge in [0.25, 0.3) is 0 Å².